The third-order valence-electron chi connectivity index (χ3n) is 1.32. The monoisotopic (exact) mass is 192 g/mol. The fourth-order valence-electron chi connectivity index (χ4n) is 0.865. The Labute approximate surface area is 86.6 Å². The van der Waals surface area contributed by atoms with Crippen molar-refractivity contribution in [3.63, 3.8) is 0 Å². The van der Waals surface area contributed by atoms with E-state index in [0.717, 1.165) is 5.52 Å². The number of pyridine rings is 1. The fraction of sp³-hybridized carbons (Fsp3) is 0.417. The second kappa shape index (κ2) is 8.30. The molecular weight excluding hydrogens is 172 g/mol. The lowest BCUT2D eigenvalue weighted by Gasteiger charge is -1.86. The molecule has 0 N–H and O–H groups in total. The summed E-state index contributed by atoms with van der Waals surface area (Å²) in [6, 6.07) is 6.00. The Morgan fingerprint density at radius 3 is 2.43 bits per heavy atom. The minimum Gasteiger partial charge on any atom is -0.306 e. The lowest BCUT2D eigenvalue weighted by atomic mass is 10.4. The average Bonchev–Trinajstić information content (AvgIpc) is 2.69. The van der Waals surface area contributed by atoms with Crippen LogP contribution in [0.4, 0.5) is 0 Å². The maximum Gasteiger partial charge on any atom is 0.0991 e. The highest BCUT2D eigenvalue weighted by atomic mass is 15.0. The molecule has 0 saturated heterocycles. The predicted octanol–water partition coefficient (Wildman–Crippen LogP) is 3.78. The van der Waals surface area contributed by atoms with Gasteiger partial charge in [0.15, 0.2) is 0 Å². The van der Waals surface area contributed by atoms with Crippen LogP contribution in [-0.4, -0.2) is 9.38 Å². The van der Waals surface area contributed by atoms with E-state index in [1.807, 2.05) is 48.8 Å². The van der Waals surface area contributed by atoms with E-state index < -0.39 is 0 Å². The number of hydrogen-bond acceptors (Lipinski definition) is 1. The van der Waals surface area contributed by atoms with E-state index in [4.69, 9.17) is 0 Å². The van der Waals surface area contributed by atoms with E-state index in [2.05, 4.69) is 18.8 Å². The van der Waals surface area contributed by atoms with Gasteiger partial charge in [-0.3, -0.25) is 0 Å². The van der Waals surface area contributed by atoms with Gasteiger partial charge in [0.05, 0.1) is 18.0 Å². The summed E-state index contributed by atoms with van der Waals surface area (Å²) in [7, 11) is 0. The molecule has 0 fully saturated rings. The summed E-state index contributed by atoms with van der Waals surface area (Å²) in [4.78, 5) is 3.96. The van der Waals surface area contributed by atoms with Crippen molar-refractivity contribution in [2.75, 3.05) is 0 Å². The van der Waals surface area contributed by atoms with Crippen LogP contribution in [0.15, 0.2) is 36.9 Å². The van der Waals surface area contributed by atoms with Crippen molar-refractivity contribution in [1.29, 1.82) is 0 Å². The molecule has 0 aliphatic heterocycles. The van der Waals surface area contributed by atoms with Gasteiger partial charge in [0.1, 0.15) is 0 Å². The molecule has 0 aliphatic carbocycles. The summed E-state index contributed by atoms with van der Waals surface area (Å²) in [6.45, 7) is 8.25. The average molecular weight is 192 g/mol. The van der Waals surface area contributed by atoms with Crippen LogP contribution in [0.2, 0.25) is 0 Å². The summed E-state index contributed by atoms with van der Waals surface area (Å²) in [6.07, 6.45) is 6.84. The summed E-state index contributed by atoms with van der Waals surface area (Å²) in [5.74, 6) is 0. The molecule has 2 aromatic heterocycles. The zero-order valence-corrected chi connectivity index (χ0v) is 9.57. The Morgan fingerprint density at radius 1 is 1.21 bits per heavy atom. The highest BCUT2D eigenvalue weighted by Crippen LogP contribution is 1.98. The highest BCUT2D eigenvalue weighted by Gasteiger charge is 1.85. The third kappa shape index (κ3) is 4.08. The first-order valence-electron chi connectivity index (χ1n) is 5.25. The number of aromatic nitrogens is 2. The van der Waals surface area contributed by atoms with Crippen LogP contribution in [0.5, 0.6) is 0 Å². The lowest BCUT2D eigenvalue weighted by Crippen LogP contribution is -1.75. The lowest BCUT2D eigenvalue weighted by molar-refractivity contribution is 1.09. The zero-order valence-electron chi connectivity index (χ0n) is 9.57. The van der Waals surface area contributed by atoms with Crippen LogP contribution < -0.4 is 0 Å². The van der Waals surface area contributed by atoms with Crippen LogP contribution in [0.25, 0.3) is 5.52 Å². The number of nitrogens with zero attached hydrogens (tertiary/aromatic N) is 2. The van der Waals surface area contributed by atoms with Crippen LogP contribution in [0.1, 0.15) is 34.1 Å². The first-order valence-corrected chi connectivity index (χ1v) is 5.25. The topological polar surface area (TPSA) is 17.3 Å². The Bertz CT molecular complexity index is 295. The molecule has 2 heteroatoms. The molecule has 0 radical (unpaired) electrons. The molecule has 0 saturated carbocycles. The van der Waals surface area contributed by atoms with Gasteiger partial charge in [0, 0.05) is 6.20 Å². The van der Waals surface area contributed by atoms with Crippen molar-refractivity contribution in [3.05, 3.63) is 36.9 Å². The van der Waals surface area contributed by atoms with Gasteiger partial charge in [0.2, 0.25) is 0 Å². The summed E-state index contributed by atoms with van der Waals surface area (Å²) in [5, 5.41) is 0. The van der Waals surface area contributed by atoms with Crippen LogP contribution in [0, 0.1) is 0 Å². The molecule has 0 bridgehead atoms. The van der Waals surface area contributed by atoms with Crippen molar-refractivity contribution in [2.24, 2.45) is 0 Å². The minimum absolute atomic E-state index is 1.14. The van der Waals surface area contributed by atoms with Crippen LogP contribution >= 0.6 is 0 Å². The second-order valence-corrected chi connectivity index (χ2v) is 2.63. The Morgan fingerprint density at radius 2 is 1.86 bits per heavy atom. The molecule has 2 heterocycles. The molecule has 0 unspecified atom stereocenters. The number of imidazole rings is 1. The summed E-state index contributed by atoms with van der Waals surface area (Å²) < 4.78 is 1.97. The van der Waals surface area contributed by atoms with Crippen molar-refractivity contribution in [1.82, 2.24) is 9.38 Å². The largest absolute Gasteiger partial charge is 0.306 e. The van der Waals surface area contributed by atoms with E-state index in [0.29, 0.717) is 0 Å². The van der Waals surface area contributed by atoms with Gasteiger partial charge in [0.25, 0.3) is 0 Å². The molecule has 0 spiro atoms. The van der Waals surface area contributed by atoms with E-state index in [1.54, 1.807) is 6.33 Å². The van der Waals surface area contributed by atoms with Gasteiger partial charge in [-0.15, -0.1) is 0 Å². The first kappa shape index (κ1) is 12.7. The molecule has 0 aromatic carbocycles. The highest BCUT2D eigenvalue weighted by molar-refractivity contribution is 5.43. The molecular formula is C12H20N2. The SMILES string of the molecule is CC.CCC.c1ccn2cncc2c1. The van der Waals surface area contributed by atoms with Crippen molar-refractivity contribution in [2.45, 2.75) is 34.1 Å². The molecule has 0 atom stereocenters. The smallest absolute Gasteiger partial charge is 0.0991 e. The molecule has 14 heavy (non-hydrogen) atoms. The van der Waals surface area contributed by atoms with Gasteiger partial charge < -0.3 is 4.40 Å². The normalized spacial score (nSPS) is 8.29. The summed E-state index contributed by atoms with van der Waals surface area (Å²) in [5.41, 5.74) is 1.14. The van der Waals surface area contributed by atoms with Crippen LogP contribution in [0.3, 0.4) is 0 Å². The van der Waals surface area contributed by atoms with Crippen molar-refractivity contribution >= 4 is 5.52 Å². The van der Waals surface area contributed by atoms with E-state index in [9.17, 15) is 0 Å². The Kier molecular flexibility index (Phi) is 7.52. The van der Waals surface area contributed by atoms with Gasteiger partial charge in [-0.2, -0.15) is 0 Å². The minimum atomic E-state index is 1.14. The molecule has 0 amide bonds. The predicted molar refractivity (Wildman–Crippen MR) is 62.5 cm³/mol. The molecule has 78 valence electrons. The molecule has 2 rings (SSSR count). The summed E-state index contributed by atoms with van der Waals surface area (Å²) >= 11 is 0. The third-order valence-corrected chi connectivity index (χ3v) is 1.32. The van der Waals surface area contributed by atoms with E-state index in [1.165, 1.54) is 6.42 Å². The van der Waals surface area contributed by atoms with Crippen molar-refractivity contribution in [3.8, 4) is 0 Å². The molecule has 0 aliphatic rings. The van der Waals surface area contributed by atoms with Gasteiger partial charge in [-0.1, -0.05) is 40.2 Å². The quantitative estimate of drug-likeness (QED) is 0.621. The standard InChI is InChI=1S/C7H6N2.C3H8.C2H6/c1-2-4-9-6-8-5-7(9)3-1;1-3-2;1-2/h1-6H;3H2,1-2H3;1-2H3. The zero-order chi connectivity index (χ0) is 10.8. The van der Waals surface area contributed by atoms with Gasteiger partial charge in [-0.25, -0.2) is 4.98 Å². The van der Waals surface area contributed by atoms with Gasteiger partial charge in [-0.05, 0) is 12.1 Å². The maximum absolute atomic E-state index is 3.96. The first-order chi connectivity index (χ1) is 6.88. The Hall–Kier alpha value is -1.31. The van der Waals surface area contributed by atoms with Crippen LogP contribution in [-0.2, 0) is 0 Å². The second-order valence-electron chi connectivity index (χ2n) is 2.63. The maximum atomic E-state index is 3.96. The number of fused-ring (bicyclic) bond motifs is 1. The fourth-order valence-corrected chi connectivity index (χ4v) is 0.865. The van der Waals surface area contributed by atoms with Gasteiger partial charge >= 0.3 is 0 Å². The molecule has 2 aromatic rings. The number of hydrogen-bond donors (Lipinski definition) is 0. The van der Waals surface area contributed by atoms with E-state index in [-0.39, 0.29) is 0 Å². The Balaban J connectivity index is 0.000000294. The number of rotatable bonds is 0. The van der Waals surface area contributed by atoms with E-state index >= 15 is 0 Å². The van der Waals surface area contributed by atoms with Crippen molar-refractivity contribution < 1.29 is 0 Å². The molecule has 2 nitrogen and oxygen atoms in total.